The minimum atomic E-state index is -0.104. The van der Waals surface area contributed by atoms with Crippen molar-refractivity contribution in [1.82, 2.24) is 10.2 Å². The molecule has 3 N–H and O–H groups in total. The van der Waals surface area contributed by atoms with Crippen LogP contribution in [0.25, 0.3) is 0 Å². The predicted molar refractivity (Wildman–Crippen MR) is 78.6 cm³/mol. The molecule has 0 aromatic carbocycles. The number of rotatable bonds is 5. The molecule has 0 spiro atoms. The van der Waals surface area contributed by atoms with Crippen molar-refractivity contribution in [3.8, 4) is 0 Å². The zero-order valence-corrected chi connectivity index (χ0v) is 12.4. The summed E-state index contributed by atoms with van der Waals surface area (Å²) in [5, 5.41) is 3.02. The first-order valence-corrected chi connectivity index (χ1v) is 7.51. The van der Waals surface area contributed by atoms with Crippen LogP contribution in [-0.2, 0) is 11.3 Å². The Bertz CT molecular complexity index is 490. The van der Waals surface area contributed by atoms with Crippen LogP contribution in [0.2, 0.25) is 0 Å². The highest BCUT2D eigenvalue weighted by molar-refractivity contribution is 5.91. The van der Waals surface area contributed by atoms with E-state index in [1.807, 2.05) is 6.92 Å². The molecule has 0 radical (unpaired) electrons. The van der Waals surface area contributed by atoms with Gasteiger partial charge in [0.05, 0.1) is 6.54 Å². The molecule has 0 aliphatic carbocycles. The van der Waals surface area contributed by atoms with E-state index in [0.717, 1.165) is 19.3 Å². The monoisotopic (exact) mass is 293 g/mol. The van der Waals surface area contributed by atoms with E-state index in [1.165, 1.54) is 0 Å². The number of amides is 2. The molecule has 1 fully saturated rings. The Labute approximate surface area is 124 Å². The van der Waals surface area contributed by atoms with Gasteiger partial charge in [-0.2, -0.15) is 0 Å². The van der Waals surface area contributed by atoms with Gasteiger partial charge in [-0.25, -0.2) is 0 Å². The number of nitrogens with one attached hydrogen (secondary N) is 1. The fourth-order valence-electron chi connectivity index (χ4n) is 2.51. The lowest BCUT2D eigenvalue weighted by Gasteiger charge is -2.31. The first-order valence-electron chi connectivity index (χ1n) is 7.51. The average Bonchev–Trinajstić information content (AvgIpc) is 2.96. The molecule has 0 bridgehead atoms. The molecule has 1 aromatic heterocycles. The molecule has 1 aromatic rings. The number of piperidine rings is 1. The van der Waals surface area contributed by atoms with Crippen molar-refractivity contribution in [2.45, 2.75) is 45.2 Å². The quantitative estimate of drug-likeness (QED) is 0.855. The molecular weight excluding hydrogens is 270 g/mol. The van der Waals surface area contributed by atoms with Gasteiger partial charge in [-0.3, -0.25) is 9.59 Å². The van der Waals surface area contributed by atoms with Gasteiger partial charge in [0.25, 0.3) is 5.91 Å². The minimum Gasteiger partial charge on any atom is -0.455 e. The second-order valence-corrected chi connectivity index (χ2v) is 5.35. The topological polar surface area (TPSA) is 88.6 Å². The van der Waals surface area contributed by atoms with Crippen LogP contribution in [0.4, 0.5) is 0 Å². The highest BCUT2D eigenvalue weighted by Crippen LogP contribution is 2.16. The Morgan fingerprint density at radius 2 is 2.10 bits per heavy atom. The molecular formula is C15H23N3O3. The van der Waals surface area contributed by atoms with E-state index in [9.17, 15) is 9.59 Å². The highest BCUT2D eigenvalue weighted by atomic mass is 16.4. The van der Waals surface area contributed by atoms with E-state index in [-0.39, 0.29) is 17.9 Å². The molecule has 1 saturated heterocycles. The maximum absolute atomic E-state index is 12.3. The van der Waals surface area contributed by atoms with Gasteiger partial charge in [-0.15, -0.1) is 0 Å². The molecule has 21 heavy (non-hydrogen) atoms. The summed E-state index contributed by atoms with van der Waals surface area (Å²) in [5.41, 5.74) is 5.47. The summed E-state index contributed by atoms with van der Waals surface area (Å²) in [4.78, 5) is 25.6. The molecule has 116 valence electrons. The van der Waals surface area contributed by atoms with Gasteiger partial charge >= 0.3 is 0 Å². The standard InChI is InChI=1S/C15H23N3O3/c1-2-3-14(19)17-11-6-8-18(9-7-11)15(20)13-5-4-12(10-16)21-13/h4-5,11H,2-3,6-10,16H2,1H3,(H,17,19). The number of hydrogen-bond acceptors (Lipinski definition) is 4. The predicted octanol–water partition coefficient (Wildman–Crippen LogP) is 1.26. The first-order chi connectivity index (χ1) is 10.1. The van der Waals surface area contributed by atoms with Gasteiger partial charge in [0.2, 0.25) is 5.91 Å². The van der Waals surface area contributed by atoms with Crippen molar-refractivity contribution >= 4 is 11.8 Å². The number of carbonyl (C=O) groups is 2. The number of hydrogen-bond donors (Lipinski definition) is 2. The van der Waals surface area contributed by atoms with Crippen LogP contribution in [-0.4, -0.2) is 35.8 Å². The van der Waals surface area contributed by atoms with E-state index < -0.39 is 0 Å². The minimum absolute atomic E-state index is 0.0981. The summed E-state index contributed by atoms with van der Waals surface area (Å²) >= 11 is 0. The van der Waals surface area contributed by atoms with Crippen LogP contribution in [0.15, 0.2) is 16.5 Å². The van der Waals surface area contributed by atoms with Crippen molar-refractivity contribution in [2.75, 3.05) is 13.1 Å². The van der Waals surface area contributed by atoms with Crippen LogP contribution in [0, 0.1) is 0 Å². The third-order valence-corrected chi connectivity index (χ3v) is 3.70. The number of nitrogens with two attached hydrogens (primary N) is 1. The molecule has 1 aliphatic heterocycles. The summed E-state index contributed by atoms with van der Waals surface area (Å²) in [6.45, 7) is 3.54. The van der Waals surface area contributed by atoms with Crippen molar-refractivity contribution in [2.24, 2.45) is 5.73 Å². The van der Waals surface area contributed by atoms with Crippen molar-refractivity contribution in [3.05, 3.63) is 23.7 Å². The van der Waals surface area contributed by atoms with Crippen molar-refractivity contribution in [1.29, 1.82) is 0 Å². The third-order valence-electron chi connectivity index (χ3n) is 3.70. The zero-order chi connectivity index (χ0) is 15.2. The zero-order valence-electron chi connectivity index (χ0n) is 12.4. The smallest absolute Gasteiger partial charge is 0.289 e. The van der Waals surface area contributed by atoms with Gasteiger partial charge < -0.3 is 20.4 Å². The molecule has 6 heteroatoms. The molecule has 0 atom stereocenters. The Balaban J connectivity index is 1.83. The van der Waals surface area contributed by atoms with E-state index in [4.69, 9.17) is 10.2 Å². The van der Waals surface area contributed by atoms with Gasteiger partial charge in [-0.1, -0.05) is 6.92 Å². The number of carbonyl (C=O) groups excluding carboxylic acids is 2. The summed E-state index contributed by atoms with van der Waals surface area (Å²) in [6.07, 6.45) is 2.98. The second kappa shape index (κ2) is 7.26. The Kier molecular flexibility index (Phi) is 5.38. The molecule has 6 nitrogen and oxygen atoms in total. The average molecular weight is 293 g/mol. The van der Waals surface area contributed by atoms with Gasteiger partial charge in [0, 0.05) is 25.6 Å². The van der Waals surface area contributed by atoms with Crippen molar-refractivity contribution in [3.63, 3.8) is 0 Å². The molecule has 2 rings (SSSR count). The van der Waals surface area contributed by atoms with Crippen LogP contribution < -0.4 is 11.1 Å². The normalized spacial score (nSPS) is 16.0. The number of likely N-dealkylation sites (tertiary alicyclic amines) is 1. The largest absolute Gasteiger partial charge is 0.455 e. The highest BCUT2D eigenvalue weighted by Gasteiger charge is 2.25. The van der Waals surface area contributed by atoms with E-state index in [2.05, 4.69) is 5.32 Å². The fourth-order valence-corrected chi connectivity index (χ4v) is 2.51. The third kappa shape index (κ3) is 4.07. The van der Waals surface area contributed by atoms with Gasteiger partial charge in [-0.05, 0) is 31.4 Å². The molecule has 0 unspecified atom stereocenters. The molecule has 0 saturated carbocycles. The summed E-state index contributed by atoms with van der Waals surface area (Å²) in [6, 6.07) is 3.56. The van der Waals surface area contributed by atoms with Crippen molar-refractivity contribution < 1.29 is 14.0 Å². The lowest BCUT2D eigenvalue weighted by atomic mass is 10.0. The van der Waals surface area contributed by atoms with Gasteiger partial charge in [0.1, 0.15) is 5.76 Å². The number of nitrogens with zero attached hydrogens (tertiary/aromatic N) is 1. The summed E-state index contributed by atoms with van der Waals surface area (Å²) in [5.74, 6) is 0.943. The Morgan fingerprint density at radius 3 is 2.67 bits per heavy atom. The lowest BCUT2D eigenvalue weighted by molar-refractivity contribution is -0.122. The van der Waals surface area contributed by atoms with Crippen LogP contribution >= 0.6 is 0 Å². The Hall–Kier alpha value is -1.82. The molecule has 2 amide bonds. The van der Waals surface area contributed by atoms with E-state index >= 15 is 0 Å². The van der Waals surface area contributed by atoms with Gasteiger partial charge in [0.15, 0.2) is 5.76 Å². The lowest BCUT2D eigenvalue weighted by Crippen LogP contribution is -2.46. The maximum atomic E-state index is 12.3. The first kappa shape index (κ1) is 15.6. The summed E-state index contributed by atoms with van der Waals surface area (Å²) < 4.78 is 5.39. The van der Waals surface area contributed by atoms with E-state index in [0.29, 0.717) is 37.6 Å². The Morgan fingerprint density at radius 1 is 1.38 bits per heavy atom. The van der Waals surface area contributed by atoms with Crippen LogP contribution in [0.5, 0.6) is 0 Å². The number of furan rings is 1. The fraction of sp³-hybridized carbons (Fsp3) is 0.600. The second-order valence-electron chi connectivity index (χ2n) is 5.35. The SMILES string of the molecule is CCCC(=O)NC1CCN(C(=O)c2ccc(CN)o2)CC1. The molecule has 2 heterocycles. The maximum Gasteiger partial charge on any atom is 0.289 e. The van der Waals surface area contributed by atoms with Crippen LogP contribution in [0.1, 0.15) is 48.9 Å². The summed E-state index contributed by atoms with van der Waals surface area (Å²) in [7, 11) is 0. The van der Waals surface area contributed by atoms with Crippen LogP contribution in [0.3, 0.4) is 0 Å². The molecule has 1 aliphatic rings. The van der Waals surface area contributed by atoms with E-state index in [1.54, 1.807) is 17.0 Å².